The first-order valence-electron chi connectivity index (χ1n) is 11.0. The van der Waals surface area contributed by atoms with Crippen molar-refractivity contribution < 1.29 is 31.5 Å². The lowest BCUT2D eigenvalue weighted by molar-refractivity contribution is -0.178. The number of aryl methyl sites for hydroxylation is 1. The van der Waals surface area contributed by atoms with Gasteiger partial charge in [-0.3, -0.25) is 9.59 Å². The molecule has 0 radical (unpaired) electrons. The third-order valence-corrected chi connectivity index (χ3v) is 5.75. The number of anilines is 1. The van der Waals surface area contributed by atoms with Crippen molar-refractivity contribution in [1.82, 2.24) is 5.32 Å². The molecule has 2 N–H and O–H groups in total. The fourth-order valence-electron chi connectivity index (χ4n) is 3.37. The van der Waals surface area contributed by atoms with Crippen molar-refractivity contribution in [2.24, 2.45) is 0 Å². The molecule has 0 saturated heterocycles. The van der Waals surface area contributed by atoms with Crippen LogP contribution in [0.3, 0.4) is 0 Å². The fourth-order valence-corrected chi connectivity index (χ4v) is 3.95. The Morgan fingerprint density at radius 3 is 2.28 bits per heavy atom. The quantitative estimate of drug-likeness (QED) is 0.381. The summed E-state index contributed by atoms with van der Waals surface area (Å²) in [5, 5.41) is 14.5. The van der Waals surface area contributed by atoms with E-state index in [9.17, 15) is 36.8 Å². The monoisotopic (exact) mass is 529 g/mol. The summed E-state index contributed by atoms with van der Waals surface area (Å²) in [6.07, 6.45) is -7.07. The number of nitriles is 1. The Morgan fingerprint density at radius 2 is 1.75 bits per heavy atom. The lowest BCUT2D eigenvalue weighted by Crippen LogP contribution is -2.36. The summed E-state index contributed by atoms with van der Waals surface area (Å²) in [5.41, 5.74) is -0.777. The van der Waals surface area contributed by atoms with Crippen molar-refractivity contribution in [2.75, 3.05) is 17.3 Å². The molecule has 0 bridgehead atoms. The van der Waals surface area contributed by atoms with Gasteiger partial charge in [-0.15, -0.1) is 0 Å². The molecule has 36 heavy (non-hydrogen) atoms. The first-order valence-corrected chi connectivity index (χ1v) is 12.4. The Morgan fingerprint density at radius 1 is 1.11 bits per heavy atom. The number of rotatable bonds is 8. The van der Waals surface area contributed by atoms with E-state index in [2.05, 4.69) is 10.6 Å². The number of hydrogen-bond acceptors (Lipinski definition) is 4. The highest BCUT2D eigenvalue weighted by molar-refractivity contribution is 7.98. The number of benzene rings is 2. The summed E-state index contributed by atoms with van der Waals surface area (Å²) in [5.74, 6) is -3.68. The van der Waals surface area contributed by atoms with E-state index in [0.29, 0.717) is 17.4 Å². The molecule has 2 amide bonds. The van der Waals surface area contributed by atoms with E-state index in [1.54, 1.807) is 32.0 Å². The number of thioether (sulfide) groups is 1. The lowest BCUT2D eigenvalue weighted by atomic mass is 9.96. The third kappa shape index (κ3) is 7.95. The van der Waals surface area contributed by atoms with Crippen LogP contribution in [0.1, 0.15) is 64.1 Å². The molecule has 2 aromatic carbocycles. The third-order valence-electron chi connectivity index (χ3n) is 4.91. The summed E-state index contributed by atoms with van der Waals surface area (Å²) in [7, 11) is 0. The number of alkyl halides is 5. The van der Waals surface area contributed by atoms with Crippen molar-refractivity contribution >= 4 is 29.3 Å². The molecule has 0 aliphatic carbocycles. The maximum Gasteiger partial charge on any atom is 0.401 e. The van der Waals surface area contributed by atoms with Crippen molar-refractivity contribution in [2.45, 2.75) is 52.3 Å². The molecule has 196 valence electrons. The van der Waals surface area contributed by atoms with Crippen molar-refractivity contribution in [3.63, 3.8) is 0 Å². The van der Waals surface area contributed by atoms with Gasteiger partial charge in [0.1, 0.15) is 12.0 Å². The van der Waals surface area contributed by atoms with E-state index in [0.717, 1.165) is 12.1 Å². The van der Waals surface area contributed by atoms with Gasteiger partial charge in [0.15, 0.2) is 0 Å². The Labute approximate surface area is 211 Å². The van der Waals surface area contributed by atoms with E-state index >= 15 is 0 Å². The van der Waals surface area contributed by atoms with Crippen LogP contribution >= 0.6 is 11.8 Å². The lowest BCUT2D eigenvalue weighted by Gasteiger charge is -2.20. The van der Waals surface area contributed by atoms with Crippen molar-refractivity contribution in [3.8, 4) is 6.07 Å². The van der Waals surface area contributed by atoms with E-state index < -0.39 is 41.5 Å². The number of nitrogens with one attached hydrogen (secondary N) is 2. The largest absolute Gasteiger partial charge is 0.401 e. The molecule has 2 aromatic rings. The maximum atomic E-state index is 13.0. The second-order valence-corrected chi connectivity index (χ2v) is 8.46. The average molecular weight is 530 g/mol. The van der Waals surface area contributed by atoms with Crippen LogP contribution in [0.4, 0.5) is 27.6 Å². The van der Waals surface area contributed by atoms with Crippen LogP contribution in [0.2, 0.25) is 0 Å². The predicted molar refractivity (Wildman–Crippen MR) is 132 cm³/mol. The molecule has 0 fully saturated rings. The van der Waals surface area contributed by atoms with Gasteiger partial charge in [0.2, 0.25) is 0 Å². The highest BCUT2D eigenvalue weighted by Gasteiger charge is 2.47. The number of hydrogen-bond donors (Lipinski definition) is 2. The maximum absolute atomic E-state index is 13.0. The van der Waals surface area contributed by atoms with Gasteiger partial charge in [0.25, 0.3) is 18.2 Å². The molecule has 0 aliphatic rings. The molecule has 0 saturated carbocycles. The molecule has 1 unspecified atom stereocenters. The number of carbonyl (C=O) groups excluding carboxylic acids is 2. The molecule has 0 aromatic heterocycles. The van der Waals surface area contributed by atoms with Gasteiger partial charge < -0.3 is 10.6 Å². The van der Waals surface area contributed by atoms with Gasteiger partial charge in [0, 0.05) is 11.8 Å². The van der Waals surface area contributed by atoms with Crippen LogP contribution in [0.25, 0.3) is 0 Å². The summed E-state index contributed by atoms with van der Waals surface area (Å²) in [6.45, 7) is 7.45. The molecular formula is C25H28F5N3O2S. The van der Waals surface area contributed by atoms with Crippen LogP contribution in [0.5, 0.6) is 0 Å². The van der Waals surface area contributed by atoms with Crippen LogP contribution in [0.15, 0.2) is 36.4 Å². The molecule has 11 heteroatoms. The number of halogens is 5. The Balaban J connectivity index is 0.00000316. The molecule has 2 atom stereocenters. The average Bonchev–Trinajstić information content (AvgIpc) is 2.79. The Bertz CT molecular complexity index is 1100. The van der Waals surface area contributed by atoms with E-state index in [1.165, 1.54) is 17.8 Å². The molecule has 0 heterocycles. The predicted octanol–water partition coefficient (Wildman–Crippen LogP) is 6.54. The molecule has 0 spiro atoms. The number of amides is 2. The number of nitrogens with zero attached hydrogens (tertiary/aromatic N) is 1. The molecule has 0 aliphatic heterocycles. The van der Waals surface area contributed by atoms with Crippen LogP contribution in [-0.4, -0.2) is 42.5 Å². The summed E-state index contributed by atoms with van der Waals surface area (Å²) < 4.78 is 65.2. The second kappa shape index (κ2) is 13.8. The van der Waals surface area contributed by atoms with Gasteiger partial charge in [-0.05, 0) is 49.4 Å². The first-order chi connectivity index (χ1) is 16.9. The molecular weight excluding hydrogens is 501 g/mol. The second-order valence-electron chi connectivity index (χ2n) is 7.55. The van der Waals surface area contributed by atoms with Gasteiger partial charge >= 0.3 is 6.18 Å². The van der Waals surface area contributed by atoms with E-state index in [-0.39, 0.29) is 22.9 Å². The summed E-state index contributed by atoms with van der Waals surface area (Å²) in [6, 6.07) is 8.46. The topological polar surface area (TPSA) is 82.0 Å². The van der Waals surface area contributed by atoms with Crippen molar-refractivity contribution in [1.29, 1.82) is 5.26 Å². The summed E-state index contributed by atoms with van der Waals surface area (Å²) in [4.78, 5) is 25.8. The van der Waals surface area contributed by atoms with Gasteiger partial charge in [-0.1, -0.05) is 32.0 Å². The molecule has 5 nitrogen and oxygen atoms in total. The zero-order chi connectivity index (χ0) is 27.6. The van der Waals surface area contributed by atoms with Crippen LogP contribution in [0, 0.1) is 18.3 Å². The normalized spacial score (nSPS) is 12.6. The van der Waals surface area contributed by atoms with Gasteiger partial charge in [0.05, 0.1) is 22.4 Å². The number of carbonyl (C=O) groups is 2. The van der Waals surface area contributed by atoms with Crippen LogP contribution < -0.4 is 10.6 Å². The molecule has 2 rings (SSSR count). The zero-order valence-electron chi connectivity index (χ0n) is 20.5. The van der Waals surface area contributed by atoms with Crippen LogP contribution in [-0.2, 0) is 0 Å². The first kappa shape index (κ1) is 30.9. The van der Waals surface area contributed by atoms with Gasteiger partial charge in [-0.25, -0.2) is 8.78 Å². The van der Waals surface area contributed by atoms with E-state index in [1.807, 2.05) is 20.1 Å². The van der Waals surface area contributed by atoms with Crippen molar-refractivity contribution in [3.05, 3.63) is 64.2 Å². The minimum absolute atomic E-state index is 0.0115. The standard InChI is InChI=1S/C23H22F5N3O2S.C2H6/c1-12-5-4-6-16(18(12)22(33)30-13(2)11-34-3)21(32)31-17-8-7-14(9-15(17)10-29)19(20(24)25)23(26,27)28;1-2/h4-9,13,19-20H,11H2,1-3H3,(H,30,33)(H,31,32);1-2H3/t13-,19?;/m0./s1. The SMILES string of the molecule is CC.CSC[C@H](C)NC(=O)c1c(C)cccc1C(=O)Nc1ccc(C(C(F)F)C(F)(F)F)cc1C#N. The highest BCUT2D eigenvalue weighted by Crippen LogP contribution is 2.40. The summed E-state index contributed by atoms with van der Waals surface area (Å²) >= 11 is 1.53. The Kier molecular flexibility index (Phi) is 11.9. The smallest absolute Gasteiger partial charge is 0.349 e. The van der Waals surface area contributed by atoms with Gasteiger partial charge in [-0.2, -0.15) is 30.2 Å². The minimum Gasteiger partial charge on any atom is -0.349 e. The fraction of sp³-hybridized carbons (Fsp3) is 0.400. The zero-order valence-corrected chi connectivity index (χ0v) is 21.3. The van der Waals surface area contributed by atoms with E-state index in [4.69, 9.17) is 0 Å². The Hall–Kier alpha value is -3.13. The minimum atomic E-state index is -5.22. The highest BCUT2D eigenvalue weighted by atomic mass is 32.2.